The van der Waals surface area contributed by atoms with Crippen molar-refractivity contribution in [2.24, 2.45) is 0 Å². The summed E-state index contributed by atoms with van der Waals surface area (Å²) in [4.78, 5) is 0. The molecule has 0 radical (unpaired) electrons. The first-order chi connectivity index (χ1) is 6.68. The van der Waals surface area contributed by atoms with Gasteiger partial charge < -0.3 is 5.11 Å². The Morgan fingerprint density at radius 2 is 2.14 bits per heavy atom. The maximum Gasteiger partial charge on any atom is 0.115 e. The molecule has 1 saturated carbocycles. The van der Waals surface area contributed by atoms with Gasteiger partial charge in [0.25, 0.3) is 0 Å². The summed E-state index contributed by atoms with van der Waals surface area (Å²) in [7, 11) is 0. The van der Waals surface area contributed by atoms with E-state index in [0.717, 1.165) is 29.3 Å². The zero-order valence-electron chi connectivity index (χ0n) is 7.63. The number of phenolic OH excluding ortho intramolecular Hbond substituents is 1. The topological polar surface area (TPSA) is 44.0 Å². The van der Waals surface area contributed by atoms with Gasteiger partial charge in [-0.3, -0.25) is 0 Å². The molecule has 0 aromatic heterocycles. The Morgan fingerprint density at radius 1 is 1.43 bits per heavy atom. The van der Waals surface area contributed by atoms with Crippen molar-refractivity contribution >= 4 is 15.9 Å². The summed E-state index contributed by atoms with van der Waals surface area (Å²) in [6.45, 7) is 0. The molecule has 1 N–H and O–H groups in total. The van der Waals surface area contributed by atoms with Crippen molar-refractivity contribution in [3.63, 3.8) is 0 Å². The number of aromatic hydroxyl groups is 1. The number of benzene rings is 1. The molecule has 1 aromatic carbocycles. The molecule has 0 bridgehead atoms. The first-order valence-corrected chi connectivity index (χ1v) is 5.37. The summed E-state index contributed by atoms with van der Waals surface area (Å²) in [6, 6.07) is 7.46. The second-order valence-electron chi connectivity index (χ2n) is 3.71. The van der Waals surface area contributed by atoms with Crippen LogP contribution in [0.3, 0.4) is 0 Å². The largest absolute Gasteiger partial charge is 0.508 e. The van der Waals surface area contributed by atoms with Gasteiger partial charge in [0.05, 0.1) is 11.5 Å². The van der Waals surface area contributed by atoms with Gasteiger partial charge in [0, 0.05) is 4.47 Å². The van der Waals surface area contributed by atoms with E-state index in [1.165, 1.54) is 0 Å². The average Bonchev–Trinajstić information content (AvgIpc) is 2.10. The highest BCUT2D eigenvalue weighted by Crippen LogP contribution is 2.46. The van der Waals surface area contributed by atoms with Crippen LogP contribution in [0.25, 0.3) is 0 Å². The third kappa shape index (κ3) is 1.31. The van der Waals surface area contributed by atoms with Crippen LogP contribution in [0.15, 0.2) is 22.7 Å². The van der Waals surface area contributed by atoms with Crippen LogP contribution in [0.5, 0.6) is 5.75 Å². The lowest BCUT2D eigenvalue weighted by Gasteiger charge is -2.36. The van der Waals surface area contributed by atoms with E-state index in [4.69, 9.17) is 5.26 Å². The van der Waals surface area contributed by atoms with E-state index in [1.54, 1.807) is 18.2 Å². The summed E-state index contributed by atoms with van der Waals surface area (Å²) < 4.78 is 0.913. The van der Waals surface area contributed by atoms with Crippen molar-refractivity contribution in [2.45, 2.75) is 24.7 Å². The SMILES string of the molecule is N#CC1(c2cc(O)ccc2Br)CCC1. The lowest BCUT2D eigenvalue weighted by Crippen LogP contribution is -2.32. The molecule has 1 aliphatic carbocycles. The number of nitriles is 1. The van der Waals surface area contributed by atoms with Crippen molar-refractivity contribution in [2.75, 3.05) is 0 Å². The normalized spacial score (nSPS) is 18.3. The van der Waals surface area contributed by atoms with Crippen LogP contribution >= 0.6 is 15.9 Å². The van der Waals surface area contributed by atoms with Gasteiger partial charge in [-0.1, -0.05) is 15.9 Å². The Balaban J connectivity index is 2.50. The molecule has 0 spiro atoms. The molecule has 0 amide bonds. The molecule has 1 aliphatic rings. The number of rotatable bonds is 1. The molecule has 0 saturated heterocycles. The van der Waals surface area contributed by atoms with Crippen molar-refractivity contribution < 1.29 is 5.11 Å². The lowest BCUT2D eigenvalue weighted by atomic mass is 9.65. The minimum absolute atomic E-state index is 0.227. The van der Waals surface area contributed by atoms with Gasteiger partial charge in [0.15, 0.2) is 0 Å². The number of halogens is 1. The first kappa shape index (κ1) is 9.54. The van der Waals surface area contributed by atoms with Crippen LogP contribution in [-0.4, -0.2) is 5.11 Å². The standard InChI is InChI=1S/C11H10BrNO/c12-10-3-2-8(14)6-9(10)11(7-13)4-1-5-11/h2-3,6,14H,1,4-5H2. The highest BCUT2D eigenvalue weighted by Gasteiger charge is 2.40. The molecule has 2 nitrogen and oxygen atoms in total. The molecule has 3 heteroatoms. The second-order valence-corrected chi connectivity index (χ2v) is 4.57. The summed E-state index contributed by atoms with van der Waals surface area (Å²) in [5.41, 5.74) is 0.559. The van der Waals surface area contributed by atoms with E-state index < -0.39 is 0 Å². The van der Waals surface area contributed by atoms with Crippen molar-refractivity contribution in [3.8, 4) is 11.8 Å². The van der Waals surface area contributed by atoms with E-state index in [9.17, 15) is 5.11 Å². The van der Waals surface area contributed by atoms with E-state index in [1.807, 2.05) is 0 Å². The van der Waals surface area contributed by atoms with Crippen LogP contribution in [0.4, 0.5) is 0 Å². The Hall–Kier alpha value is -1.01. The van der Waals surface area contributed by atoms with Crippen LogP contribution in [-0.2, 0) is 5.41 Å². The summed E-state index contributed by atoms with van der Waals surface area (Å²) in [6.07, 6.45) is 2.88. The number of nitrogens with zero attached hydrogens (tertiary/aromatic N) is 1. The third-order valence-corrected chi connectivity index (χ3v) is 3.58. The predicted octanol–water partition coefficient (Wildman–Crippen LogP) is 3.10. The Labute approximate surface area is 91.3 Å². The fourth-order valence-electron chi connectivity index (χ4n) is 1.85. The van der Waals surface area contributed by atoms with Crippen LogP contribution in [0.2, 0.25) is 0 Å². The Bertz CT molecular complexity index is 404. The smallest absolute Gasteiger partial charge is 0.115 e. The predicted molar refractivity (Wildman–Crippen MR) is 56.9 cm³/mol. The minimum Gasteiger partial charge on any atom is -0.508 e. The maximum atomic E-state index is 9.39. The van der Waals surface area contributed by atoms with E-state index in [2.05, 4.69) is 22.0 Å². The number of hydrogen-bond donors (Lipinski definition) is 1. The molecule has 2 rings (SSSR count). The van der Waals surface area contributed by atoms with Gasteiger partial charge in [0.2, 0.25) is 0 Å². The fourth-order valence-corrected chi connectivity index (χ4v) is 2.48. The Kier molecular flexibility index (Phi) is 2.24. The first-order valence-electron chi connectivity index (χ1n) is 4.58. The Morgan fingerprint density at radius 3 is 2.64 bits per heavy atom. The highest BCUT2D eigenvalue weighted by molar-refractivity contribution is 9.10. The maximum absolute atomic E-state index is 9.39. The van der Waals surface area contributed by atoms with Gasteiger partial charge in [0.1, 0.15) is 5.75 Å². The molecule has 1 fully saturated rings. The van der Waals surface area contributed by atoms with Crippen molar-refractivity contribution in [3.05, 3.63) is 28.2 Å². The highest BCUT2D eigenvalue weighted by atomic mass is 79.9. The lowest BCUT2D eigenvalue weighted by molar-refractivity contribution is 0.321. The van der Waals surface area contributed by atoms with Gasteiger partial charge in [-0.25, -0.2) is 0 Å². The molecular weight excluding hydrogens is 242 g/mol. The van der Waals surface area contributed by atoms with E-state index in [0.29, 0.717) is 0 Å². The summed E-state index contributed by atoms with van der Waals surface area (Å²) >= 11 is 3.42. The van der Waals surface area contributed by atoms with Crippen molar-refractivity contribution in [1.82, 2.24) is 0 Å². The summed E-state index contributed by atoms with van der Waals surface area (Å²) in [5.74, 6) is 0.227. The monoisotopic (exact) mass is 251 g/mol. The molecular formula is C11H10BrNO. The van der Waals surface area contributed by atoms with Gasteiger partial charge in [-0.2, -0.15) is 5.26 Å². The third-order valence-electron chi connectivity index (χ3n) is 2.89. The van der Waals surface area contributed by atoms with Crippen LogP contribution in [0.1, 0.15) is 24.8 Å². The minimum atomic E-state index is -0.364. The van der Waals surface area contributed by atoms with E-state index in [-0.39, 0.29) is 11.2 Å². The molecule has 1 aromatic rings. The van der Waals surface area contributed by atoms with Gasteiger partial charge >= 0.3 is 0 Å². The summed E-state index contributed by atoms with van der Waals surface area (Å²) in [5, 5.41) is 18.5. The molecule has 14 heavy (non-hydrogen) atoms. The molecule has 0 aliphatic heterocycles. The second kappa shape index (κ2) is 3.29. The van der Waals surface area contributed by atoms with Gasteiger partial charge in [-0.15, -0.1) is 0 Å². The van der Waals surface area contributed by atoms with Crippen molar-refractivity contribution in [1.29, 1.82) is 5.26 Å². The molecule has 0 atom stereocenters. The average molecular weight is 252 g/mol. The van der Waals surface area contributed by atoms with Crippen LogP contribution in [0, 0.1) is 11.3 Å². The molecule has 0 unspecified atom stereocenters. The quantitative estimate of drug-likeness (QED) is 0.834. The number of hydrogen-bond acceptors (Lipinski definition) is 2. The van der Waals surface area contributed by atoms with Gasteiger partial charge in [-0.05, 0) is 43.0 Å². The zero-order valence-corrected chi connectivity index (χ0v) is 9.21. The zero-order chi connectivity index (χ0) is 10.2. The molecule has 72 valence electrons. The number of phenols is 1. The van der Waals surface area contributed by atoms with E-state index >= 15 is 0 Å². The van der Waals surface area contributed by atoms with Crippen LogP contribution < -0.4 is 0 Å². The fraction of sp³-hybridized carbons (Fsp3) is 0.364. The molecule has 0 heterocycles.